The highest BCUT2D eigenvalue weighted by molar-refractivity contribution is 6.31. The second-order valence-electron chi connectivity index (χ2n) is 6.51. The van der Waals surface area contributed by atoms with Crippen molar-refractivity contribution in [3.05, 3.63) is 62.9 Å². The zero-order chi connectivity index (χ0) is 22.2. The average Bonchev–Trinajstić information content (AvgIpc) is 3.10. The summed E-state index contributed by atoms with van der Waals surface area (Å²) in [7, 11) is 0. The van der Waals surface area contributed by atoms with Crippen LogP contribution < -0.4 is 10.6 Å². The van der Waals surface area contributed by atoms with Crippen molar-refractivity contribution in [3.8, 4) is 0 Å². The molecular weight excluding hydrogens is 456 g/mol. The number of carbonyl (C=O) groups excluding carboxylic acids is 2. The number of rotatable bonds is 4. The molecule has 0 aliphatic carbocycles. The maximum absolute atomic E-state index is 14.6. The molecule has 2 amide bonds. The molecule has 1 fully saturated rings. The second kappa shape index (κ2) is 8.35. The first-order valence-electron chi connectivity index (χ1n) is 8.42. The van der Waals surface area contributed by atoms with Crippen molar-refractivity contribution in [2.45, 2.75) is 18.6 Å². The van der Waals surface area contributed by atoms with Crippen LogP contribution in [0.5, 0.6) is 0 Å². The van der Waals surface area contributed by atoms with Crippen molar-refractivity contribution in [1.82, 2.24) is 15.6 Å². The van der Waals surface area contributed by atoms with Crippen molar-refractivity contribution in [2.24, 2.45) is 5.92 Å². The molecule has 2 aromatic rings. The maximum Gasteiger partial charge on any atom is 0.434 e. The molecule has 0 bridgehead atoms. The standard InChI is InChI=1S/C18H12Cl2F5N3O2/c19-10-3-7(5-27-16(10)18(23,24)25)15(9-1-2-11(21)13(20)14(9)22)28-17(30)8-4-12(29)26-6-8/h1-3,5,8,15H,4,6H2,(H,26,29)(H,28,30)/t8?,15-/m1/s1. The van der Waals surface area contributed by atoms with Gasteiger partial charge in [-0.25, -0.2) is 13.8 Å². The van der Waals surface area contributed by atoms with Gasteiger partial charge in [0, 0.05) is 24.7 Å². The molecule has 12 heteroatoms. The first-order chi connectivity index (χ1) is 14.0. The third-order valence-electron chi connectivity index (χ3n) is 4.48. The van der Waals surface area contributed by atoms with Crippen molar-refractivity contribution in [3.63, 3.8) is 0 Å². The van der Waals surface area contributed by atoms with Gasteiger partial charge in [-0.1, -0.05) is 29.3 Å². The lowest BCUT2D eigenvalue weighted by molar-refractivity contribution is -0.141. The fourth-order valence-electron chi connectivity index (χ4n) is 2.97. The normalized spacial score (nSPS) is 17.6. The summed E-state index contributed by atoms with van der Waals surface area (Å²) in [5.74, 6) is -4.08. The minimum atomic E-state index is -4.82. The van der Waals surface area contributed by atoms with Crippen LogP contribution in [0.4, 0.5) is 22.0 Å². The van der Waals surface area contributed by atoms with Gasteiger partial charge in [0.15, 0.2) is 5.69 Å². The van der Waals surface area contributed by atoms with Crippen LogP contribution in [0.3, 0.4) is 0 Å². The highest BCUT2D eigenvalue weighted by Crippen LogP contribution is 2.36. The summed E-state index contributed by atoms with van der Waals surface area (Å²) in [6, 6.07) is 1.32. The predicted molar refractivity (Wildman–Crippen MR) is 96.7 cm³/mol. The van der Waals surface area contributed by atoms with E-state index in [-0.39, 0.29) is 30.0 Å². The second-order valence-corrected chi connectivity index (χ2v) is 7.29. The van der Waals surface area contributed by atoms with Gasteiger partial charge in [-0.05, 0) is 17.7 Å². The van der Waals surface area contributed by atoms with Crippen molar-refractivity contribution in [1.29, 1.82) is 0 Å². The summed E-state index contributed by atoms with van der Waals surface area (Å²) in [4.78, 5) is 27.2. The largest absolute Gasteiger partial charge is 0.434 e. The third kappa shape index (κ3) is 4.49. The highest BCUT2D eigenvalue weighted by atomic mass is 35.5. The van der Waals surface area contributed by atoms with Gasteiger partial charge in [-0.15, -0.1) is 0 Å². The zero-order valence-corrected chi connectivity index (χ0v) is 16.3. The van der Waals surface area contributed by atoms with Crippen LogP contribution in [0.15, 0.2) is 24.4 Å². The van der Waals surface area contributed by atoms with Gasteiger partial charge in [-0.3, -0.25) is 9.59 Å². The van der Waals surface area contributed by atoms with E-state index in [9.17, 15) is 31.5 Å². The van der Waals surface area contributed by atoms with E-state index in [2.05, 4.69) is 15.6 Å². The van der Waals surface area contributed by atoms with Crippen LogP contribution in [0.1, 0.15) is 29.3 Å². The van der Waals surface area contributed by atoms with E-state index < -0.39 is 51.4 Å². The number of hydrogen-bond donors (Lipinski definition) is 2. The number of alkyl halides is 3. The molecule has 160 valence electrons. The molecule has 1 aliphatic heterocycles. The smallest absolute Gasteiger partial charge is 0.355 e. The Kier molecular flexibility index (Phi) is 6.19. The number of amides is 2. The van der Waals surface area contributed by atoms with Gasteiger partial charge in [0.2, 0.25) is 11.8 Å². The van der Waals surface area contributed by atoms with Crippen molar-refractivity contribution < 1.29 is 31.5 Å². The molecule has 5 nitrogen and oxygen atoms in total. The van der Waals surface area contributed by atoms with Gasteiger partial charge in [0.25, 0.3) is 0 Å². The third-order valence-corrected chi connectivity index (χ3v) is 5.11. The van der Waals surface area contributed by atoms with E-state index >= 15 is 0 Å². The molecule has 0 spiro atoms. The molecule has 3 rings (SSSR count). The van der Waals surface area contributed by atoms with Crippen LogP contribution in [-0.2, 0) is 15.8 Å². The first kappa shape index (κ1) is 22.2. The van der Waals surface area contributed by atoms with Gasteiger partial charge in [0.1, 0.15) is 16.7 Å². The summed E-state index contributed by atoms with van der Waals surface area (Å²) in [6.45, 7) is 0.0378. The lowest BCUT2D eigenvalue weighted by Crippen LogP contribution is -2.36. The molecule has 1 unspecified atom stereocenters. The number of pyridine rings is 1. The summed E-state index contributed by atoms with van der Waals surface area (Å²) in [5.41, 5.74) is -1.77. The number of carbonyl (C=O) groups is 2. The van der Waals surface area contributed by atoms with E-state index in [1.54, 1.807) is 0 Å². The van der Waals surface area contributed by atoms with Gasteiger partial charge < -0.3 is 10.6 Å². The lowest BCUT2D eigenvalue weighted by Gasteiger charge is -2.23. The minimum absolute atomic E-state index is 0.0378. The molecule has 0 radical (unpaired) electrons. The summed E-state index contributed by atoms with van der Waals surface area (Å²) >= 11 is 11.3. The number of nitrogens with one attached hydrogen (secondary N) is 2. The molecule has 1 aromatic heterocycles. The maximum atomic E-state index is 14.6. The SMILES string of the molecule is O=C1CC(C(=O)N[C@H](c2cnc(C(F)(F)F)c(Cl)c2)c2ccc(F)c(Cl)c2F)CN1. The molecule has 1 aromatic carbocycles. The quantitative estimate of drug-likeness (QED) is 0.526. The Morgan fingerprint density at radius 3 is 2.53 bits per heavy atom. The number of hydrogen-bond acceptors (Lipinski definition) is 3. The highest BCUT2D eigenvalue weighted by Gasteiger charge is 2.36. The fourth-order valence-corrected chi connectivity index (χ4v) is 3.43. The average molecular weight is 468 g/mol. The lowest BCUT2D eigenvalue weighted by atomic mass is 9.97. The molecular formula is C18H12Cl2F5N3O2. The van der Waals surface area contributed by atoms with Crippen LogP contribution >= 0.6 is 23.2 Å². The van der Waals surface area contributed by atoms with Crippen LogP contribution in [0, 0.1) is 17.6 Å². The first-order valence-corrected chi connectivity index (χ1v) is 9.17. The molecule has 2 N–H and O–H groups in total. The Labute approximate surface area is 176 Å². The van der Waals surface area contributed by atoms with E-state index in [4.69, 9.17) is 23.2 Å². The molecule has 2 heterocycles. The topological polar surface area (TPSA) is 71.1 Å². The fraction of sp³-hybridized carbons (Fsp3) is 0.278. The van der Waals surface area contributed by atoms with Crippen LogP contribution in [-0.4, -0.2) is 23.3 Å². The van der Waals surface area contributed by atoms with E-state index in [0.29, 0.717) is 0 Å². The Bertz CT molecular complexity index is 1020. The zero-order valence-electron chi connectivity index (χ0n) is 14.8. The Hall–Kier alpha value is -2.46. The Morgan fingerprint density at radius 1 is 1.27 bits per heavy atom. The monoisotopic (exact) mass is 467 g/mol. The molecule has 30 heavy (non-hydrogen) atoms. The summed E-state index contributed by atoms with van der Waals surface area (Å²) in [5, 5.41) is 3.29. The number of halogens is 7. The Morgan fingerprint density at radius 2 is 1.97 bits per heavy atom. The van der Waals surface area contributed by atoms with Gasteiger partial charge in [-0.2, -0.15) is 13.2 Å². The molecule has 0 saturated carbocycles. The number of benzene rings is 1. The summed E-state index contributed by atoms with van der Waals surface area (Å²) < 4.78 is 67.0. The van der Waals surface area contributed by atoms with Crippen LogP contribution in [0.2, 0.25) is 10.0 Å². The predicted octanol–water partition coefficient (Wildman–Crippen LogP) is 4.03. The van der Waals surface area contributed by atoms with E-state index in [0.717, 1.165) is 24.4 Å². The van der Waals surface area contributed by atoms with Crippen LogP contribution in [0.25, 0.3) is 0 Å². The molecule has 1 aliphatic rings. The van der Waals surface area contributed by atoms with Gasteiger partial charge >= 0.3 is 6.18 Å². The van der Waals surface area contributed by atoms with Crippen molar-refractivity contribution in [2.75, 3.05) is 6.54 Å². The van der Waals surface area contributed by atoms with Crippen molar-refractivity contribution >= 4 is 35.0 Å². The summed E-state index contributed by atoms with van der Waals surface area (Å²) in [6.07, 6.45) is -4.17. The number of nitrogens with zero attached hydrogens (tertiary/aromatic N) is 1. The van der Waals surface area contributed by atoms with E-state index in [1.807, 2.05) is 0 Å². The minimum Gasteiger partial charge on any atom is -0.355 e. The Balaban J connectivity index is 2.04. The molecule has 1 saturated heterocycles. The van der Waals surface area contributed by atoms with E-state index in [1.165, 1.54) is 0 Å². The molecule has 2 atom stereocenters. The van der Waals surface area contributed by atoms with Gasteiger partial charge in [0.05, 0.1) is 17.0 Å². The number of aromatic nitrogens is 1.